The predicted octanol–water partition coefficient (Wildman–Crippen LogP) is 6.17. The van der Waals surface area contributed by atoms with E-state index >= 15 is 0 Å². The van der Waals surface area contributed by atoms with Crippen molar-refractivity contribution in [3.05, 3.63) is 70.0 Å². The maximum atomic E-state index is 12.8. The summed E-state index contributed by atoms with van der Waals surface area (Å²) in [5, 5.41) is 5.00. The monoisotopic (exact) mass is 370 g/mol. The van der Waals surface area contributed by atoms with Gasteiger partial charge in [-0.15, -0.1) is 0 Å². The molecule has 3 rings (SSSR count). The molecule has 0 radical (unpaired) electrons. The van der Waals surface area contributed by atoms with Crippen LogP contribution >= 0.6 is 23.2 Å². The summed E-state index contributed by atoms with van der Waals surface area (Å²) in [5.74, 6) is 0. The average Bonchev–Trinajstić information content (AvgIpc) is 2.95. The van der Waals surface area contributed by atoms with E-state index in [1.807, 2.05) is 6.92 Å². The van der Waals surface area contributed by atoms with E-state index in [2.05, 4.69) is 5.10 Å². The fourth-order valence-corrected chi connectivity index (χ4v) is 3.15. The van der Waals surface area contributed by atoms with Crippen molar-refractivity contribution < 1.29 is 13.2 Å². The van der Waals surface area contributed by atoms with E-state index in [9.17, 15) is 13.2 Å². The van der Waals surface area contributed by atoms with Crippen molar-refractivity contribution in [3.63, 3.8) is 0 Å². The SMILES string of the molecule is Cc1cc(Cl)c(-n2cc(-c3cccc(C(F)(F)F)c3)cn2)c(Cl)c1. The minimum Gasteiger partial charge on any atom is -0.237 e. The fraction of sp³-hybridized carbons (Fsp3) is 0.118. The lowest BCUT2D eigenvalue weighted by atomic mass is 10.1. The molecule has 0 atom stereocenters. The van der Waals surface area contributed by atoms with Gasteiger partial charge in [0.25, 0.3) is 0 Å². The van der Waals surface area contributed by atoms with E-state index in [1.165, 1.54) is 16.9 Å². The van der Waals surface area contributed by atoms with Gasteiger partial charge in [0, 0.05) is 11.8 Å². The van der Waals surface area contributed by atoms with Crippen LogP contribution in [0.5, 0.6) is 0 Å². The topological polar surface area (TPSA) is 17.8 Å². The summed E-state index contributed by atoms with van der Waals surface area (Å²) in [5.41, 5.74) is 1.63. The van der Waals surface area contributed by atoms with Gasteiger partial charge in [0.2, 0.25) is 0 Å². The second kappa shape index (κ2) is 6.15. The molecule has 7 heteroatoms. The highest BCUT2D eigenvalue weighted by molar-refractivity contribution is 6.37. The largest absolute Gasteiger partial charge is 0.416 e. The maximum absolute atomic E-state index is 12.8. The van der Waals surface area contributed by atoms with Gasteiger partial charge in [-0.25, -0.2) is 4.68 Å². The Labute approximate surface area is 146 Å². The number of hydrogen-bond acceptors (Lipinski definition) is 1. The molecule has 0 unspecified atom stereocenters. The van der Waals surface area contributed by atoms with E-state index < -0.39 is 11.7 Å². The highest BCUT2D eigenvalue weighted by atomic mass is 35.5. The Bertz CT molecular complexity index is 878. The second-order valence-corrected chi connectivity index (χ2v) is 6.14. The van der Waals surface area contributed by atoms with Crippen LogP contribution < -0.4 is 0 Å². The summed E-state index contributed by atoms with van der Waals surface area (Å²) in [6, 6.07) is 8.56. The maximum Gasteiger partial charge on any atom is 0.416 e. The molecule has 24 heavy (non-hydrogen) atoms. The van der Waals surface area contributed by atoms with Crippen molar-refractivity contribution >= 4 is 23.2 Å². The second-order valence-electron chi connectivity index (χ2n) is 5.33. The summed E-state index contributed by atoms with van der Waals surface area (Å²) >= 11 is 12.4. The minimum atomic E-state index is -4.39. The third kappa shape index (κ3) is 3.28. The highest BCUT2D eigenvalue weighted by Gasteiger charge is 2.30. The molecule has 0 spiro atoms. The van der Waals surface area contributed by atoms with Gasteiger partial charge in [-0.1, -0.05) is 35.3 Å². The van der Waals surface area contributed by atoms with Crippen molar-refractivity contribution in [2.24, 2.45) is 0 Å². The van der Waals surface area contributed by atoms with Crippen LogP contribution in [0.1, 0.15) is 11.1 Å². The normalized spacial score (nSPS) is 11.8. The fourth-order valence-electron chi connectivity index (χ4n) is 2.38. The lowest BCUT2D eigenvalue weighted by molar-refractivity contribution is -0.137. The van der Waals surface area contributed by atoms with Crippen LogP contribution in [-0.4, -0.2) is 9.78 Å². The van der Waals surface area contributed by atoms with Gasteiger partial charge in [-0.05, 0) is 42.3 Å². The van der Waals surface area contributed by atoms with E-state index in [0.717, 1.165) is 17.7 Å². The van der Waals surface area contributed by atoms with E-state index in [1.54, 1.807) is 24.4 Å². The summed E-state index contributed by atoms with van der Waals surface area (Å²) < 4.78 is 40.0. The Morgan fingerprint density at radius 3 is 2.29 bits per heavy atom. The third-order valence-electron chi connectivity index (χ3n) is 3.50. The molecule has 0 aliphatic carbocycles. The molecular weight excluding hydrogens is 360 g/mol. The summed E-state index contributed by atoms with van der Waals surface area (Å²) in [4.78, 5) is 0. The van der Waals surface area contributed by atoms with Crippen molar-refractivity contribution in [1.29, 1.82) is 0 Å². The molecule has 3 aromatic rings. The van der Waals surface area contributed by atoms with Crippen LogP contribution in [0.2, 0.25) is 10.0 Å². The molecule has 2 aromatic carbocycles. The van der Waals surface area contributed by atoms with Gasteiger partial charge in [-0.2, -0.15) is 18.3 Å². The van der Waals surface area contributed by atoms with E-state index in [4.69, 9.17) is 23.2 Å². The molecule has 0 amide bonds. The van der Waals surface area contributed by atoms with Gasteiger partial charge in [0.1, 0.15) is 5.69 Å². The Balaban J connectivity index is 2.04. The number of hydrogen-bond donors (Lipinski definition) is 0. The Morgan fingerprint density at radius 2 is 1.67 bits per heavy atom. The van der Waals surface area contributed by atoms with Crippen LogP contribution in [0.4, 0.5) is 13.2 Å². The zero-order valence-electron chi connectivity index (χ0n) is 12.4. The van der Waals surface area contributed by atoms with Crippen molar-refractivity contribution in [2.75, 3.05) is 0 Å². The first-order valence-corrected chi connectivity index (χ1v) is 7.69. The molecule has 0 saturated heterocycles. The highest BCUT2D eigenvalue weighted by Crippen LogP contribution is 2.34. The number of rotatable bonds is 2. The molecule has 0 saturated carbocycles. The standard InChI is InChI=1S/C17H11Cl2F3N2/c1-10-5-14(18)16(15(19)6-10)24-9-12(8-23-24)11-3-2-4-13(7-11)17(20,21)22/h2-9H,1H3. The summed E-state index contributed by atoms with van der Waals surface area (Å²) in [7, 11) is 0. The number of aryl methyl sites for hydroxylation is 1. The molecule has 1 heterocycles. The molecule has 2 nitrogen and oxygen atoms in total. The average molecular weight is 371 g/mol. The first-order chi connectivity index (χ1) is 11.3. The van der Waals surface area contributed by atoms with E-state index in [0.29, 0.717) is 26.9 Å². The zero-order chi connectivity index (χ0) is 17.5. The lowest BCUT2D eigenvalue weighted by Gasteiger charge is -2.09. The van der Waals surface area contributed by atoms with E-state index in [-0.39, 0.29) is 0 Å². The van der Waals surface area contributed by atoms with Gasteiger partial charge in [-0.3, -0.25) is 0 Å². The molecule has 0 N–H and O–H groups in total. The zero-order valence-corrected chi connectivity index (χ0v) is 13.9. The quantitative estimate of drug-likeness (QED) is 0.527. The van der Waals surface area contributed by atoms with Gasteiger partial charge in [0.05, 0.1) is 21.8 Å². The van der Waals surface area contributed by atoms with Gasteiger partial charge in [0.15, 0.2) is 0 Å². The van der Waals surface area contributed by atoms with Crippen molar-refractivity contribution in [1.82, 2.24) is 9.78 Å². The van der Waals surface area contributed by atoms with Crippen LogP contribution in [0.3, 0.4) is 0 Å². The molecule has 0 fully saturated rings. The summed E-state index contributed by atoms with van der Waals surface area (Å²) in [6.45, 7) is 1.86. The first-order valence-electron chi connectivity index (χ1n) is 6.94. The molecule has 0 aliphatic rings. The summed E-state index contributed by atoms with van der Waals surface area (Å²) in [6.07, 6.45) is -1.32. The van der Waals surface area contributed by atoms with Crippen LogP contribution in [0.25, 0.3) is 16.8 Å². The Hall–Kier alpha value is -1.98. The molecule has 0 aliphatic heterocycles. The molecule has 1 aromatic heterocycles. The smallest absolute Gasteiger partial charge is 0.237 e. The number of alkyl halides is 3. The third-order valence-corrected chi connectivity index (χ3v) is 4.07. The van der Waals surface area contributed by atoms with Crippen molar-refractivity contribution in [3.8, 4) is 16.8 Å². The number of halogens is 5. The minimum absolute atomic E-state index is 0.412. The first kappa shape index (κ1) is 16.9. The van der Waals surface area contributed by atoms with Crippen LogP contribution in [-0.2, 0) is 6.18 Å². The van der Waals surface area contributed by atoms with Crippen molar-refractivity contribution in [2.45, 2.75) is 13.1 Å². The van der Waals surface area contributed by atoms with Crippen LogP contribution in [0, 0.1) is 6.92 Å². The van der Waals surface area contributed by atoms with Gasteiger partial charge >= 0.3 is 6.18 Å². The number of benzene rings is 2. The lowest BCUT2D eigenvalue weighted by Crippen LogP contribution is -2.04. The Kier molecular flexibility index (Phi) is 4.32. The molecular formula is C17H11Cl2F3N2. The molecule has 124 valence electrons. The number of nitrogens with zero attached hydrogens (tertiary/aromatic N) is 2. The van der Waals surface area contributed by atoms with Crippen LogP contribution in [0.15, 0.2) is 48.8 Å². The Morgan fingerprint density at radius 1 is 1.00 bits per heavy atom. The number of aromatic nitrogens is 2. The predicted molar refractivity (Wildman–Crippen MR) is 88.8 cm³/mol. The van der Waals surface area contributed by atoms with Gasteiger partial charge < -0.3 is 0 Å². The molecule has 0 bridgehead atoms.